The molecule has 0 radical (unpaired) electrons. The van der Waals surface area contributed by atoms with Gasteiger partial charge in [-0.15, -0.1) is 0 Å². The van der Waals surface area contributed by atoms with E-state index in [1.807, 2.05) is 62.9 Å². The molecule has 3 rings (SSSR count). The smallest absolute Gasteiger partial charge is 0.407 e. The maximum Gasteiger partial charge on any atom is 0.407 e. The van der Waals surface area contributed by atoms with Crippen molar-refractivity contribution < 1.29 is 43.7 Å². The van der Waals surface area contributed by atoms with E-state index in [9.17, 15) is 34.2 Å². The van der Waals surface area contributed by atoms with Gasteiger partial charge in [0.25, 0.3) is 0 Å². The predicted octanol–water partition coefficient (Wildman–Crippen LogP) is 3.92. The van der Waals surface area contributed by atoms with E-state index < -0.39 is 60.4 Å². The van der Waals surface area contributed by atoms with E-state index in [0.29, 0.717) is 24.3 Å². The Morgan fingerprint density at radius 2 is 1.49 bits per heavy atom. The second-order valence-corrected chi connectivity index (χ2v) is 16.4. The molecule has 9 unspecified atom stereocenters. The number of nitrogens with zero attached hydrogens (tertiary/aromatic N) is 3. The fraction of sp³-hybridized carbons (Fsp3) is 0.732. The van der Waals surface area contributed by atoms with E-state index in [2.05, 4.69) is 10.6 Å². The van der Waals surface area contributed by atoms with Crippen LogP contribution in [0.3, 0.4) is 0 Å². The van der Waals surface area contributed by atoms with Crippen molar-refractivity contribution in [3.63, 3.8) is 0 Å². The molecule has 55 heavy (non-hydrogen) atoms. The van der Waals surface area contributed by atoms with Gasteiger partial charge in [0.1, 0.15) is 12.1 Å². The highest BCUT2D eigenvalue weighted by atomic mass is 16.5. The van der Waals surface area contributed by atoms with Crippen molar-refractivity contribution in [1.29, 1.82) is 0 Å². The molecule has 1 aliphatic carbocycles. The lowest BCUT2D eigenvalue weighted by molar-refractivity contribution is -0.149. The summed E-state index contributed by atoms with van der Waals surface area (Å²) in [5.74, 6) is -2.44. The molecule has 1 aromatic rings. The summed E-state index contributed by atoms with van der Waals surface area (Å²) in [5.41, 5.74) is 0.697. The lowest BCUT2D eigenvalue weighted by atomic mass is 9.89. The first kappa shape index (κ1) is 45.6. The second kappa shape index (κ2) is 19.9. The lowest BCUT2D eigenvalue weighted by Crippen LogP contribution is -2.60. The third-order valence-electron chi connectivity index (χ3n) is 11.9. The van der Waals surface area contributed by atoms with Gasteiger partial charge in [0, 0.05) is 34.4 Å². The Morgan fingerprint density at radius 3 is 2.00 bits per heavy atom. The quantitative estimate of drug-likeness (QED) is 0.153. The molecule has 1 saturated carbocycles. The van der Waals surface area contributed by atoms with Crippen LogP contribution in [0.15, 0.2) is 30.3 Å². The summed E-state index contributed by atoms with van der Waals surface area (Å²) >= 11 is 0. The zero-order valence-electron chi connectivity index (χ0n) is 34.9. The first-order valence-electron chi connectivity index (χ1n) is 19.7. The summed E-state index contributed by atoms with van der Waals surface area (Å²) < 4.78 is 12.0. The molecule has 310 valence electrons. The summed E-state index contributed by atoms with van der Waals surface area (Å²) in [7, 11) is 6.07. The van der Waals surface area contributed by atoms with E-state index in [1.54, 1.807) is 46.8 Å². The third-order valence-corrected chi connectivity index (χ3v) is 11.9. The number of likely N-dealkylation sites (tertiary alicyclic amines) is 1. The number of ether oxygens (including phenoxy) is 2. The SMILES string of the molecule is CCC(C)C(C(CC(=O)N1[C@H](C(OC)C(C)C(=O)NC(C)C(O)c2ccccc2)C[C@@H]2C[C@@H]21)OC)N(C)C(=O)C(NC(=O)C(C(C)C)N(C)C(=O)O)C(C)C. The number of piperidine rings is 1. The molecular formula is C41H67N5O9. The van der Waals surface area contributed by atoms with Crippen LogP contribution in [0, 0.1) is 29.6 Å². The van der Waals surface area contributed by atoms with Gasteiger partial charge in [0.15, 0.2) is 0 Å². The average Bonchev–Trinajstić information content (AvgIpc) is 3.81. The van der Waals surface area contributed by atoms with E-state index in [4.69, 9.17) is 9.47 Å². The topological polar surface area (TPSA) is 178 Å². The molecule has 2 fully saturated rings. The van der Waals surface area contributed by atoms with Crippen LogP contribution in [0.5, 0.6) is 0 Å². The Kier molecular flexibility index (Phi) is 16.5. The standard InChI is InChI=1S/C41H67N5O9/c1-13-24(6)35(44(9)40(51)33(22(2)3)43-39(50)34(23(4)5)45(10)41(52)53)31(54-11)21-32(47)46-29-19-28(29)20-30(46)37(55-12)25(7)38(49)42-26(8)36(48)27-17-15-14-16-18-27/h14-18,22-26,28-31,33-37,48H,13,19-21H2,1-12H3,(H,42,49)(H,43,50)(H,52,53)/t24?,25?,26?,28-,29-,30-,31?,33?,34?,35?,36?,37?/m0/s1. The van der Waals surface area contributed by atoms with Crippen molar-refractivity contribution in [1.82, 2.24) is 25.3 Å². The number of rotatable bonds is 20. The van der Waals surface area contributed by atoms with Gasteiger partial charge in [-0.2, -0.15) is 0 Å². The summed E-state index contributed by atoms with van der Waals surface area (Å²) in [6.07, 6.45) is -1.20. The molecule has 1 aliphatic heterocycles. The summed E-state index contributed by atoms with van der Waals surface area (Å²) in [4.78, 5) is 71.9. The van der Waals surface area contributed by atoms with Gasteiger partial charge in [-0.25, -0.2) is 4.79 Å². The highest BCUT2D eigenvalue weighted by molar-refractivity contribution is 5.91. The molecule has 0 aromatic heterocycles. The van der Waals surface area contributed by atoms with Crippen LogP contribution in [0.1, 0.15) is 92.7 Å². The number of amides is 5. The minimum absolute atomic E-state index is 0.0162. The molecule has 2 aliphatic rings. The molecule has 14 heteroatoms. The fourth-order valence-corrected chi connectivity index (χ4v) is 8.40. The second-order valence-electron chi connectivity index (χ2n) is 16.4. The van der Waals surface area contributed by atoms with E-state index >= 15 is 0 Å². The van der Waals surface area contributed by atoms with Crippen molar-refractivity contribution in [2.75, 3.05) is 28.3 Å². The van der Waals surface area contributed by atoms with Gasteiger partial charge in [-0.3, -0.25) is 24.1 Å². The average molecular weight is 774 g/mol. The minimum Gasteiger partial charge on any atom is -0.465 e. The molecule has 14 nitrogen and oxygen atoms in total. The van der Waals surface area contributed by atoms with Gasteiger partial charge in [0.2, 0.25) is 23.6 Å². The van der Waals surface area contributed by atoms with Crippen LogP contribution in [0.4, 0.5) is 4.79 Å². The van der Waals surface area contributed by atoms with Crippen molar-refractivity contribution in [2.45, 2.75) is 136 Å². The first-order valence-corrected chi connectivity index (χ1v) is 19.7. The number of carbonyl (C=O) groups excluding carboxylic acids is 4. The Bertz CT molecular complexity index is 1460. The number of aliphatic hydroxyl groups is 1. The number of likely N-dealkylation sites (N-methyl/N-ethyl adjacent to an activating group) is 2. The lowest BCUT2D eigenvalue weighted by Gasteiger charge is -2.41. The number of aliphatic hydroxyl groups excluding tert-OH is 1. The number of hydrogen-bond donors (Lipinski definition) is 4. The molecule has 1 heterocycles. The maximum absolute atomic E-state index is 14.4. The Morgan fingerprint density at radius 1 is 0.873 bits per heavy atom. The van der Waals surface area contributed by atoms with Gasteiger partial charge in [-0.05, 0) is 49.0 Å². The predicted molar refractivity (Wildman–Crippen MR) is 209 cm³/mol. The van der Waals surface area contributed by atoms with Crippen molar-refractivity contribution in [3.8, 4) is 0 Å². The van der Waals surface area contributed by atoms with Gasteiger partial charge < -0.3 is 40.1 Å². The normalized spacial score (nSPS) is 22.7. The molecule has 12 atom stereocenters. The van der Waals surface area contributed by atoms with E-state index in [-0.39, 0.29) is 54.0 Å². The Hall–Kier alpha value is -3.75. The monoisotopic (exact) mass is 773 g/mol. The highest BCUT2D eigenvalue weighted by Crippen LogP contribution is 2.50. The third kappa shape index (κ3) is 10.8. The van der Waals surface area contributed by atoms with Crippen LogP contribution in [0.25, 0.3) is 0 Å². The first-order chi connectivity index (χ1) is 25.8. The molecular weight excluding hydrogens is 706 g/mol. The van der Waals surface area contributed by atoms with Crippen LogP contribution >= 0.6 is 0 Å². The minimum atomic E-state index is -1.25. The number of fused-ring (bicyclic) bond motifs is 1. The van der Waals surface area contributed by atoms with Gasteiger partial charge >= 0.3 is 6.09 Å². The maximum atomic E-state index is 14.4. The van der Waals surface area contributed by atoms with Crippen LogP contribution in [0.2, 0.25) is 0 Å². The largest absolute Gasteiger partial charge is 0.465 e. The highest BCUT2D eigenvalue weighted by Gasteiger charge is 2.57. The number of methoxy groups -OCH3 is 2. The molecule has 0 bridgehead atoms. The molecule has 4 N–H and O–H groups in total. The summed E-state index contributed by atoms with van der Waals surface area (Å²) in [5, 5.41) is 26.3. The van der Waals surface area contributed by atoms with Crippen LogP contribution in [-0.4, -0.2) is 131 Å². The number of carboxylic acid groups (broad SMARTS) is 1. The van der Waals surface area contributed by atoms with E-state index in [1.165, 1.54) is 14.2 Å². The Balaban J connectivity index is 1.80. The van der Waals surface area contributed by atoms with Gasteiger partial charge in [-0.1, -0.05) is 85.2 Å². The molecule has 1 aromatic carbocycles. The molecule has 0 spiro atoms. The van der Waals surface area contributed by atoms with Crippen molar-refractivity contribution in [3.05, 3.63) is 35.9 Å². The van der Waals surface area contributed by atoms with Gasteiger partial charge in [0.05, 0.1) is 48.8 Å². The zero-order valence-corrected chi connectivity index (χ0v) is 34.9. The van der Waals surface area contributed by atoms with Crippen LogP contribution < -0.4 is 10.6 Å². The Labute approximate surface area is 327 Å². The van der Waals surface area contributed by atoms with Crippen molar-refractivity contribution in [2.24, 2.45) is 29.6 Å². The fourth-order valence-electron chi connectivity index (χ4n) is 8.40. The molecule has 5 amide bonds. The number of benzene rings is 1. The zero-order chi connectivity index (χ0) is 41.5. The molecule has 1 saturated heterocycles. The number of nitrogens with one attached hydrogen (secondary N) is 2. The number of hydrogen-bond acceptors (Lipinski definition) is 8. The van der Waals surface area contributed by atoms with Crippen LogP contribution in [-0.2, 0) is 28.7 Å². The summed E-state index contributed by atoms with van der Waals surface area (Å²) in [6, 6.07) is 5.76. The summed E-state index contributed by atoms with van der Waals surface area (Å²) in [6.45, 7) is 14.7. The van der Waals surface area contributed by atoms with E-state index in [0.717, 1.165) is 11.3 Å². The van der Waals surface area contributed by atoms with Crippen molar-refractivity contribution >= 4 is 29.7 Å². The number of carbonyl (C=O) groups is 5.